The van der Waals surface area contributed by atoms with Crippen LogP contribution in [0.1, 0.15) is 23.7 Å². The van der Waals surface area contributed by atoms with E-state index in [4.69, 9.17) is 14.2 Å². The van der Waals surface area contributed by atoms with E-state index >= 15 is 0 Å². The third-order valence-corrected chi connectivity index (χ3v) is 8.28. The molecule has 3 aliphatic heterocycles. The van der Waals surface area contributed by atoms with Crippen LogP contribution < -0.4 is 9.47 Å². The molecule has 0 spiro atoms. The van der Waals surface area contributed by atoms with Gasteiger partial charge in [0, 0.05) is 50.9 Å². The van der Waals surface area contributed by atoms with Gasteiger partial charge in [0.25, 0.3) is 11.8 Å². The van der Waals surface area contributed by atoms with Gasteiger partial charge in [-0.25, -0.2) is 8.42 Å². The molecular weight excluding hydrogens is 462 g/mol. The number of hydrogen-bond acceptors (Lipinski definition) is 8. The number of piperazine rings is 1. The SMILES string of the molecule is CCOc1cc(C(=O)N2CCN(C3CCS(=O)(=O)C3)CC2)ccc1OCC(=O)N1CCOCC1. The standard InChI is InChI=1S/C23H33N3O7S/c1-2-32-21-15-18(3-4-20(21)33-16-22(27)25-10-12-31-13-11-25)23(28)26-8-6-24(7-9-26)19-5-14-34(29,30)17-19/h3-4,15,19H,2,5-14,16-17H2,1H3. The number of morpholine rings is 1. The first-order valence-corrected chi connectivity index (χ1v) is 13.7. The number of ether oxygens (including phenoxy) is 3. The fraction of sp³-hybridized carbons (Fsp3) is 0.652. The fourth-order valence-corrected chi connectivity index (χ4v) is 6.37. The van der Waals surface area contributed by atoms with Gasteiger partial charge in [-0.3, -0.25) is 14.5 Å². The van der Waals surface area contributed by atoms with Crippen LogP contribution in [0, 0.1) is 0 Å². The number of carbonyl (C=O) groups excluding carboxylic acids is 2. The molecule has 1 aromatic carbocycles. The van der Waals surface area contributed by atoms with Gasteiger partial charge < -0.3 is 24.0 Å². The first kappa shape index (κ1) is 24.7. The highest BCUT2D eigenvalue weighted by molar-refractivity contribution is 7.91. The molecule has 0 radical (unpaired) electrons. The molecule has 1 unspecified atom stereocenters. The van der Waals surface area contributed by atoms with E-state index in [-0.39, 0.29) is 36.0 Å². The predicted molar refractivity (Wildman–Crippen MR) is 125 cm³/mol. The third kappa shape index (κ3) is 6.00. The monoisotopic (exact) mass is 495 g/mol. The zero-order valence-corrected chi connectivity index (χ0v) is 20.4. The Hall–Kier alpha value is -2.37. The van der Waals surface area contributed by atoms with Crippen molar-refractivity contribution >= 4 is 21.7 Å². The van der Waals surface area contributed by atoms with E-state index < -0.39 is 9.84 Å². The molecule has 0 aromatic heterocycles. The summed E-state index contributed by atoms with van der Waals surface area (Å²) in [7, 11) is -2.93. The summed E-state index contributed by atoms with van der Waals surface area (Å²) in [5.74, 6) is 1.11. The molecule has 1 aromatic rings. The summed E-state index contributed by atoms with van der Waals surface area (Å²) in [6.45, 7) is 6.72. The maximum absolute atomic E-state index is 13.1. The Balaban J connectivity index is 1.34. The van der Waals surface area contributed by atoms with Crippen molar-refractivity contribution in [1.82, 2.24) is 14.7 Å². The molecule has 0 aliphatic carbocycles. The summed E-state index contributed by atoms with van der Waals surface area (Å²) < 4.78 is 40.3. The highest BCUT2D eigenvalue weighted by Crippen LogP contribution is 2.29. The van der Waals surface area contributed by atoms with Gasteiger partial charge in [0.2, 0.25) is 0 Å². The number of benzene rings is 1. The number of sulfone groups is 1. The van der Waals surface area contributed by atoms with Crippen LogP contribution in [-0.2, 0) is 19.4 Å². The molecule has 11 heteroatoms. The lowest BCUT2D eigenvalue weighted by Crippen LogP contribution is -2.52. The van der Waals surface area contributed by atoms with Crippen LogP contribution in [0.25, 0.3) is 0 Å². The molecule has 3 heterocycles. The average Bonchev–Trinajstić information content (AvgIpc) is 3.23. The van der Waals surface area contributed by atoms with Crippen molar-refractivity contribution < 1.29 is 32.2 Å². The first-order valence-electron chi connectivity index (χ1n) is 11.8. The maximum atomic E-state index is 13.1. The second-order valence-electron chi connectivity index (χ2n) is 8.76. The Kier molecular flexibility index (Phi) is 7.95. The molecule has 10 nitrogen and oxygen atoms in total. The molecule has 3 saturated heterocycles. The number of rotatable bonds is 7. The predicted octanol–water partition coefficient (Wildman–Crippen LogP) is 0.268. The van der Waals surface area contributed by atoms with Gasteiger partial charge in [-0.1, -0.05) is 0 Å². The molecule has 4 rings (SSSR count). The van der Waals surface area contributed by atoms with Gasteiger partial charge in [0.05, 0.1) is 31.3 Å². The molecule has 0 saturated carbocycles. The highest BCUT2D eigenvalue weighted by Gasteiger charge is 2.34. The summed E-state index contributed by atoms with van der Waals surface area (Å²) in [5.41, 5.74) is 0.493. The molecule has 0 N–H and O–H groups in total. The number of nitrogens with zero attached hydrogens (tertiary/aromatic N) is 3. The Bertz CT molecular complexity index is 986. The van der Waals surface area contributed by atoms with Gasteiger partial charge in [0.1, 0.15) is 0 Å². The van der Waals surface area contributed by atoms with Crippen LogP contribution in [-0.4, -0.2) is 118 Å². The van der Waals surface area contributed by atoms with Crippen LogP contribution in [0.15, 0.2) is 18.2 Å². The van der Waals surface area contributed by atoms with Crippen molar-refractivity contribution in [3.8, 4) is 11.5 Å². The molecule has 3 aliphatic rings. The summed E-state index contributed by atoms with van der Waals surface area (Å²) in [6.07, 6.45) is 0.670. The fourth-order valence-electron chi connectivity index (χ4n) is 4.61. The van der Waals surface area contributed by atoms with E-state index in [1.807, 2.05) is 6.92 Å². The van der Waals surface area contributed by atoms with Crippen LogP contribution in [0.5, 0.6) is 11.5 Å². The minimum absolute atomic E-state index is 0.0587. The van der Waals surface area contributed by atoms with Gasteiger partial charge in [-0.15, -0.1) is 0 Å². The Labute approximate surface area is 200 Å². The second kappa shape index (κ2) is 10.9. The van der Waals surface area contributed by atoms with E-state index in [1.54, 1.807) is 28.0 Å². The number of carbonyl (C=O) groups is 2. The topological polar surface area (TPSA) is 106 Å². The normalized spacial score (nSPS) is 23.0. The summed E-state index contributed by atoms with van der Waals surface area (Å²) in [6, 6.07) is 5.08. The lowest BCUT2D eigenvalue weighted by molar-refractivity contribution is -0.137. The Morgan fingerprint density at radius 3 is 2.38 bits per heavy atom. The van der Waals surface area contributed by atoms with Crippen molar-refractivity contribution in [3.05, 3.63) is 23.8 Å². The molecule has 0 bridgehead atoms. The smallest absolute Gasteiger partial charge is 0.260 e. The van der Waals surface area contributed by atoms with Crippen LogP contribution in [0.4, 0.5) is 0 Å². The zero-order valence-electron chi connectivity index (χ0n) is 19.6. The van der Waals surface area contributed by atoms with Crippen LogP contribution in [0.3, 0.4) is 0 Å². The van der Waals surface area contributed by atoms with Crippen LogP contribution in [0.2, 0.25) is 0 Å². The molecule has 3 fully saturated rings. The Morgan fingerprint density at radius 2 is 1.74 bits per heavy atom. The number of amides is 2. The minimum atomic E-state index is -2.93. The van der Waals surface area contributed by atoms with E-state index in [9.17, 15) is 18.0 Å². The quantitative estimate of drug-likeness (QED) is 0.531. The van der Waals surface area contributed by atoms with Gasteiger partial charge in [0.15, 0.2) is 27.9 Å². The Morgan fingerprint density at radius 1 is 1.00 bits per heavy atom. The molecular formula is C23H33N3O7S. The zero-order chi connectivity index (χ0) is 24.1. The van der Waals surface area contributed by atoms with Crippen molar-refractivity contribution in [2.75, 3.05) is 77.2 Å². The first-order chi connectivity index (χ1) is 16.4. The molecule has 1 atom stereocenters. The summed E-state index contributed by atoms with van der Waals surface area (Å²) in [5, 5.41) is 0. The van der Waals surface area contributed by atoms with Gasteiger partial charge in [-0.05, 0) is 31.5 Å². The van der Waals surface area contributed by atoms with Gasteiger partial charge >= 0.3 is 0 Å². The minimum Gasteiger partial charge on any atom is -0.490 e. The third-order valence-electron chi connectivity index (χ3n) is 6.53. The van der Waals surface area contributed by atoms with Crippen molar-refractivity contribution in [2.24, 2.45) is 0 Å². The lowest BCUT2D eigenvalue weighted by atomic mass is 10.1. The summed E-state index contributed by atoms with van der Waals surface area (Å²) in [4.78, 5) is 31.2. The molecule has 2 amide bonds. The van der Waals surface area contributed by atoms with E-state index in [1.165, 1.54) is 0 Å². The van der Waals surface area contributed by atoms with Gasteiger partial charge in [-0.2, -0.15) is 0 Å². The van der Waals surface area contributed by atoms with E-state index in [0.29, 0.717) is 82.6 Å². The van der Waals surface area contributed by atoms with Crippen molar-refractivity contribution in [1.29, 1.82) is 0 Å². The van der Waals surface area contributed by atoms with Crippen molar-refractivity contribution in [3.63, 3.8) is 0 Å². The molecule has 188 valence electrons. The summed E-state index contributed by atoms with van der Waals surface area (Å²) >= 11 is 0. The van der Waals surface area contributed by atoms with Crippen LogP contribution >= 0.6 is 0 Å². The van der Waals surface area contributed by atoms with Crippen molar-refractivity contribution in [2.45, 2.75) is 19.4 Å². The highest BCUT2D eigenvalue weighted by atomic mass is 32.2. The lowest BCUT2D eigenvalue weighted by Gasteiger charge is -2.37. The average molecular weight is 496 g/mol. The molecule has 34 heavy (non-hydrogen) atoms. The van der Waals surface area contributed by atoms with E-state index in [2.05, 4.69) is 4.90 Å². The number of hydrogen-bond donors (Lipinski definition) is 0. The van der Waals surface area contributed by atoms with E-state index in [0.717, 1.165) is 0 Å². The second-order valence-corrected chi connectivity index (χ2v) is 11.0. The largest absolute Gasteiger partial charge is 0.490 e. The maximum Gasteiger partial charge on any atom is 0.260 e.